The van der Waals surface area contributed by atoms with Gasteiger partial charge < -0.3 is 14.4 Å². The van der Waals surface area contributed by atoms with Gasteiger partial charge >= 0.3 is 5.97 Å². The van der Waals surface area contributed by atoms with Crippen molar-refractivity contribution in [3.05, 3.63) is 35.9 Å². The lowest BCUT2D eigenvalue weighted by atomic mass is 9.73. The quantitative estimate of drug-likeness (QED) is 0.475. The van der Waals surface area contributed by atoms with Gasteiger partial charge in [-0.25, -0.2) is 4.79 Å². The number of quaternary nitrogens is 1. The van der Waals surface area contributed by atoms with Gasteiger partial charge in [-0.3, -0.25) is 0 Å². The SMILES string of the molecule is CCO[C@](C(=O)OCCC[NH+](CC)CC)(c1ccccc1)C1CCCCC1. The molecule has 0 radical (unpaired) electrons. The Hall–Kier alpha value is -1.39. The summed E-state index contributed by atoms with van der Waals surface area (Å²) < 4.78 is 12.1. The number of esters is 1. The van der Waals surface area contributed by atoms with Gasteiger partial charge in [-0.05, 0) is 39.2 Å². The molecule has 1 aromatic rings. The van der Waals surface area contributed by atoms with Crippen LogP contribution in [0.15, 0.2) is 30.3 Å². The monoisotopic (exact) mass is 376 g/mol. The summed E-state index contributed by atoms with van der Waals surface area (Å²) in [4.78, 5) is 14.9. The van der Waals surface area contributed by atoms with Gasteiger partial charge in [-0.1, -0.05) is 49.6 Å². The van der Waals surface area contributed by atoms with E-state index in [1.165, 1.54) is 11.3 Å². The Morgan fingerprint density at radius 2 is 1.74 bits per heavy atom. The standard InChI is InChI=1S/C23H37NO3/c1-4-24(5-2)18-13-19-26-22(25)23(27-6-3,20-14-9-7-10-15-20)21-16-11-8-12-17-21/h7,9-10,14-15,21H,4-6,8,11-13,16-19H2,1-3H3/p+1/t23-/m1/s1. The van der Waals surface area contributed by atoms with Gasteiger partial charge in [0.15, 0.2) is 5.60 Å². The molecule has 152 valence electrons. The van der Waals surface area contributed by atoms with E-state index < -0.39 is 5.60 Å². The Kier molecular flexibility index (Phi) is 9.29. The summed E-state index contributed by atoms with van der Waals surface area (Å²) in [7, 11) is 0. The van der Waals surface area contributed by atoms with Crippen LogP contribution in [0.25, 0.3) is 0 Å². The molecule has 0 spiro atoms. The zero-order valence-electron chi connectivity index (χ0n) is 17.5. The van der Waals surface area contributed by atoms with E-state index in [2.05, 4.69) is 13.8 Å². The van der Waals surface area contributed by atoms with Crippen molar-refractivity contribution in [2.75, 3.05) is 32.8 Å². The average molecular weight is 377 g/mol. The fraction of sp³-hybridized carbons (Fsp3) is 0.696. The second-order valence-electron chi connectivity index (χ2n) is 7.57. The molecule has 4 nitrogen and oxygen atoms in total. The highest BCUT2D eigenvalue weighted by Gasteiger charge is 2.49. The third-order valence-corrected chi connectivity index (χ3v) is 5.97. The first kappa shape index (κ1) is 21.9. The van der Waals surface area contributed by atoms with E-state index in [1.54, 1.807) is 0 Å². The minimum atomic E-state index is -0.960. The second kappa shape index (κ2) is 11.5. The van der Waals surface area contributed by atoms with Gasteiger partial charge in [-0.2, -0.15) is 0 Å². The Balaban J connectivity index is 2.16. The summed E-state index contributed by atoms with van der Waals surface area (Å²) in [6.45, 7) is 10.6. The zero-order chi connectivity index (χ0) is 19.5. The van der Waals surface area contributed by atoms with Crippen LogP contribution in [0.5, 0.6) is 0 Å². The molecule has 0 unspecified atom stereocenters. The highest BCUT2D eigenvalue weighted by atomic mass is 16.6. The molecule has 1 fully saturated rings. The molecule has 1 aliphatic rings. The van der Waals surface area contributed by atoms with E-state index in [0.717, 1.165) is 57.3 Å². The molecule has 4 heteroatoms. The number of nitrogens with one attached hydrogen (secondary N) is 1. The summed E-state index contributed by atoms with van der Waals surface area (Å²) in [6, 6.07) is 10.0. The van der Waals surface area contributed by atoms with Crippen molar-refractivity contribution in [2.24, 2.45) is 5.92 Å². The largest absolute Gasteiger partial charge is 0.463 e. The Labute approximate surface area is 165 Å². The van der Waals surface area contributed by atoms with Crippen molar-refractivity contribution in [1.29, 1.82) is 0 Å². The molecule has 1 atom stereocenters. The minimum absolute atomic E-state index is 0.189. The summed E-state index contributed by atoms with van der Waals surface area (Å²) in [5.41, 5.74) is -0.0171. The lowest BCUT2D eigenvalue weighted by Gasteiger charge is -2.40. The summed E-state index contributed by atoms with van der Waals surface area (Å²) in [6.07, 6.45) is 6.50. The van der Waals surface area contributed by atoms with E-state index >= 15 is 0 Å². The number of rotatable bonds is 11. The predicted octanol–water partition coefficient (Wildman–Crippen LogP) is 3.36. The van der Waals surface area contributed by atoms with E-state index in [0.29, 0.717) is 13.2 Å². The van der Waals surface area contributed by atoms with Gasteiger partial charge in [0.2, 0.25) is 0 Å². The fourth-order valence-electron chi connectivity index (χ4n) is 4.40. The molecule has 0 aromatic heterocycles. The van der Waals surface area contributed by atoms with Crippen LogP contribution in [-0.2, 0) is 19.9 Å². The first-order chi connectivity index (χ1) is 13.2. The molecule has 0 amide bonds. The van der Waals surface area contributed by atoms with Crippen LogP contribution in [0.2, 0.25) is 0 Å². The van der Waals surface area contributed by atoms with Crippen molar-refractivity contribution in [3.8, 4) is 0 Å². The molecule has 0 heterocycles. The van der Waals surface area contributed by atoms with Crippen LogP contribution in [0, 0.1) is 5.92 Å². The van der Waals surface area contributed by atoms with Crippen LogP contribution in [-0.4, -0.2) is 38.8 Å². The van der Waals surface area contributed by atoms with E-state index in [1.807, 2.05) is 37.3 Å². The zero-order valence-corrected chi connectivity index (χ0v) is 17.5. The molecule has 1 aromatic carbocycles. The van der Waals surface area contributed by atoms with Crippen molar-refractivity contribution < 1.29 is 19.2 Å². The summed E-state index contributed by atoms with van der Waals surface area (Å²) >= 11 is 0. The third kappa shape index (κ3) is 5.55. The summed E-state index contributed by atoms with van der Waals surface area (Å²) in [5, 5.41) is 0. The van der Waals surface area contributed by atoms with E-state index in [4.69, 9.17) is 9.47 Å². The predicted molar refractivity (Wildman–Crippen MR) is 109 cm³/mol. The van der Waals surface area contributed by atoms with Gasteiger partial charge in [0.1, 0.15) is 0 Å². The maximum atomic E-state index is 13.4. The average Bonchev–Trinajstić information content (AvgIpc) is 2.73. The molecule has 1 saturated carbocycles. The molecule has 0 bridgehead atoms. The Morgan fingerprint density at radius 1 is 1.07 bits per heavy atom. The van der Waals surface area contributed by atoms with Crippen LogP contribution in [0.3, 0.4) is 0 Å². The van der Waals surface area contributed by atoms with Gasteiger partial charge in [0, 0.05) is 18.9 Å². The second-order valence-corrected chi connectivity index (χ2v) is 7.57. The van der Waals surface area contributed by atoms with Crippen LogP contribution in [0.1, 0.15) is 64.9 Å². The lowest BCUT2D eigenvalue weighted by Crippen LogP contribution is -3.11. The number of benzene rings is 1. The third-order valence-electron chi connectivity index (χ3n) is 5.97. The maximum absolute atomic E-state index is 13.4. The highest BCUT2D eigenvalue weighted by molar-refractivity contribution is 5.82. The Bertz CT molecular complexity index is 538. The first-order valence-electron chi connectivity index (χ1n) is 10.9. The van der Waals surface area contributed by atoms with Crippen LogP contribution in [0.4, 0.5) is 0 Å². The number of carbonyl (C=O) groups is 1. The molecule has 27 heavy (non-hydrogen) atoms. The lowest BCUT2D eigenvalue weighted by molar-refractivity contribution is -0.896. The maximum Gasteiger partial charge on any atom is 0.343 e. The van der Waals surface area contributed by atoms with Crippen molar-refractivity contribution in [2.45, 2.75) is 64.9 Å². The Morgan fingerprint density at radius 3 is 2.33 bits per heavy atom. The normalized spacial score (nSPS) is 17.6. The topological polar surface area (TPSA) is 40.0 Å². The molecule has 0 aliphatic heterocycles. The van der Waals surface area contributed by atoms with E-state index in [-0.39, 0.29) is 11.9 Å². The van der Waals surface area contributed by atoms with Gasteiger partial charge in [0.05, 0.1) is 26.2 Å². The van der Waals surface area contributed by atoms with Crippen molar-refractivity contribution in [1.82, 2.24) is 0 Å². The van der Waals surface area contributed by atoms with Crippen molar-refractivity contribution >= 4 is 5.97 Å². The molecule has 1 N–H and O–H groups in total. The molecule has 2 rings (SSSR count). The number of hydrogen-bond acceptors (Lipinski definition) is 3. The molecular weight excluding hydrogens is 338 g/mol. The molecule has 0 saturated heterocycles. The van der Waals surface area contributed by atoms with Crippen LogP contribution >= 0.6 is 0 Å². The highest BCUT2D eigenvalue weighted by Crippen LogP contribution is 2.43. The first-order valence-corrected chi connectivity index (χ1v) is 10.9. The fourth-order valence-corrected chi connectivity index (χ4v) is 4.40. The number of hydrogen-bond donors (Lipinski definition) is 1. The molecule has 1 aliphatic carbocycles. The van der Waals surface area contributed by atoms with Crippen molar-refractivity contribution in [3.63, 3.8) is 0 Å². The molecular formula is C23H38NO3+. The minimum Gasteiger partial charge on any atom is -0.463 e. The smallest absolute Gasteiger partial charge is 0.343 e. The van der Waals surface area contributed by atoms with Crippen LogP contribution < -0.4 is 4.90 Å². The number of carbonyl (C=O) groups excluding carboxylic acids is 1. The van der Waals surface area contributed by atoms with E-state index in [9.17, 15) is 4.79 Å². The summed E-state index contributed by atoms with van der Waals surface area (Å²) in [5.74, 6) is -0.00787. The number of ether oxygens (including phenoxy) is 2. The van der Waals surface area contributed by atoms with Gasteiger partial charge in [-0.15, -0.1) is 0 Å². The van der Waals surface area contributed by atoms with Gasteiger partial charge in [0.25, 0.3) is 0 Å².